The highest BCUT2D eigenvalue weighted by Crippen LogP contribution is 2.20. The number of nitrogen functional groups attached to an aromatic ring is 1. The van der Waals surface area contributed by atoms with Crippen LogP contribution in [0.1, 0.15) is 18.9 Å². The summed E-state index contributed by atoms with van der Waals surface area (Å²) in [4.78, 5) is 14.7. The Kier molecular flexibility index (Phi) is 5.56. The molecular formula is C12H16N2O2S. The largest absolute Gasteiger partial charge is 0.493 e. The van der Waals surface area contributed by atoms with Gasteiger partial charge in [0.25, 0.3) is 0 Å². The number of methoxy groups -OCH3 is 1. The predicted octanol–water partition coefficient (Wildman–Crippen LogP) is 2.36. The van der Waals surface area contributed by atoms with Crippen molar-refractivity contribution >= 4 is 28.8 Å². The zero-order chi connectivity index (χ0) is 12.7. The Hall–Kier alpha value is -1.49. The van der Waals surface area contributed by atoms with Gasteiger partial charge in [0, 0.05) is 18.9 Å². The maximum absolute atomic E-state index is 10.7. The van der Waals surface area contributed by atoms with Crippen molar-refractivity contribution in [1.82, 2.24) is 4.98 Å². The Labute approximate surface area is 105 Å². The second-order valence-electron chi connectivity index (χ2n) is 3.39. The van der Waals surface area contributed by atoms with Gasteiger partial charge in [0.05, 0.1) is 7.11 Å². The first-order valence-corrected chi connectivity index (χ1v) is 6.21. The first kappa shape index (κ1) is 13.6. The maximum Gasteiger partial charge on any atom is 0.185 e. The minimum atomic E-state index is 0.147. The van der Waals surface area contributed by atoms with Gasteiger partial charge in [0.1, 0.15) is 0 Å². The van der Waals surface area contributed by atoms with Gasteiger partial charge in [-0.15, -0.1) is 0 Å². The topological polar surface area (TPSA) is 65.2 Å². The number of rotatable bonds is 5. The fourth-order valence-corrected chi connectivity index (χ4v) is 1.76. The van der Waals surface area contributed by atoms with Crippen molar-refractivity contribution in [1.29, 1.82) is 0 Å². The quantitative estimate of drug-likeness (QED) is 0.815. The lowest BCUT2D eigenvalue weighted by molar-refractivity contribution is -0.109. The number of allylic oxidation sites excluding steroid dienone is 1. The van der Waals surface area contributed by atoms with Crippen molar-refractivity contribution in [2.75, 3.05) is 18.6 Å². The van der Waals surface area contributed by atoms with Gasteiger partial charge in [-0.05, 0) is 18.1 Å². The molecule has 0 saturated heterocycles. The Balaban J connectivity index is 2.50. The third-order valence-corrected chi connectivity index (χ3v) is 2.87. The number of hydrogen-bond acceptors (Lipinski definition) is 5. The van der Waals surface area contributed by atoms with Crippen molar-refractivity contribution in [2.24, 2.45) is 0 Å². The van der Waals surface area contributed by atoms with Gasteiger partial charge >= 0.3 is 0 Å². The van der Waals surface area contributed by atoms with E-state index in [4.69, 9.17) is 10.5 Å². The number of pyridine rings is 1. The van der Waals surface area contributed by atoms with E-state index in [0.717, 1.165) is 17.7 Å². The number of carbonyl (C=O) groups excluding carboxylic acids is 1. The van der Waals surface area contributed by atoms with Gasteiger partial charge in [-0.1, -0.05) is 23.9 Å². The van der Waals surface area contributed by atoms with E-state index in [2.05, 4.69) is 4.98 Å². The first-order chi connectivity index (χ1) is 8.13. The third kappa shape index (κ3) is 4.91. The van der Waals surface area contributed by atoms with Crippen LogP contribution in [0.4, 0.5) is 5.82 Å². The summed E-state index contributed by atoms with van der Waals surface area (Å²) in [5.74, 6) is 1.76. The van der Waals surface area contributed by atoms with Gasteiger partial charge in [-0.25, -0.2) is 4.98 Å². The molecule has 0 spiro atoms. The number of nitrogens with two attached hydrogens (primary N) is 1. The zero-order valence-electron chi connectivity index (χ0n) is 9.97. The van der Waals surface area contributed by atoms with Crippen molar-refractivity contribution in [3.05, 3.63) is 23.9 Å². The number of carbonyl (C=O) groups is 1. The standard InChI is InChI=1S/C12H16N2O2S/c1-9(15)17-6-4-3-5-10-7-11(16-2)12(13)14-8-10/h3,5,7-8H,4,6H2,1-2H3,(H2,13,14). The molecular weight excluding hydrogens is 236 g/mol. The molecule has 0 aliphatic carbocycles. The summed E-state index contributed by atoms with van der Waals surface area (Å²) in [5, 5.41) is 0.147. The summed E-state index contributed by atoms with van der Waals surface area (Å²) in [7, 11) is 1.56. The number of hydrogen-bond donors (Lipinski definition) is 1. The molecule has 1 aromatic heterocycles. The van der Waals surface area contributed by atoms with E-state index in [0.29, 0.717) is 11.6 Å². The first-order valence-electron chi connectivity index (χ1n) is 5.23. The van der Waals surface area contributed by atoms with Crippen molar-refractivity contribution in [3.8, 4) is 5.75 Å². The fourth-order valence-electron chi connectivity index (χ4n) is 1.22. The molecule has 0 aromatic carbocycles. The average molecular weight is 252 g/mol. The second-order valence-corrected chi connectivity index (χ2v) is 4.66. The van der Waals surface area contributed by atoms with Gasteiger partial charge in [0.2, 0.25) is 0 Å². The van der Waals surface area contributed by atoms with Crippen LogP contribution >= 0.6 is 11.8 Å². The zero-order valence-corrected chi connectivity index (χ0v) is 10.8. The lowest BCUT2D eigenvalue weighted by Gasteiger charge is -2.03. The van der Waals surface area contributed by atoms with Gasteiger partial charge in [-0.3, -0.25) is 4.79 Å². The molecule has 4 nitrogen and oxygen atoms in total. The summed E-state index contributed by atoms with van der Waals surface area (Å²) in [5.41, 5.74) is 6.54. The van der Waals surface area contributed by atoms with Crippen LogP contribution in [-0.2, 0) is 4.79 Å². The molecule has 17 heavy (non-hydrogen) atoms. The maximum atomic E-state index is 10.7. The minimum Gasteiger partial charge on any atom is -0.493 e. The van der Waals surface area contributed by atoms with E-state index < -0.39 is 0 Å². The molecule has 0 unspecified atom stereocenters. The van der Waals surface area contributed by atoms with Crippen molar-refractivity contribution < 1.29 is 9.53 Å². The molecule has 1 aromatic rings. The molecule has 2 N–H and O–H groups in total. The van der Waals surface area contributed by atoms with Crippen LogP contribution in [0.2, 0.25) is 0 Å². The van der Waals surface area contributed by atoms with Gasteiger partial charge in [-0.2, -0.15) is 0 Å². The molecule has 1 heterocycles. The molecule has 0 radical (unpaired) electrons. The summed E-state index contributed by atoms with van der Waals surface area (Å²) >= 11 is 1.33. The van der Waals surface area contributed by atoms with Crippen LogP contribution in [0, 0.1) is 0 Å². The van der Waals surface area contributed by atoms with Crippen molar-refractivity contribution in [2.45, 2.75) is 13.3 Å². The normalized spacial score (nSPS) is 10.7. The molecule has 0 atom stereocenters. The summed E-state index contributed by atoms with van der Waals surface area (Å²) < 4.78 is 5.07. The molecule has 0 fully saturated rings. The Morgan fingerprint density at radius 3 is 3.06 bits per heavy atom. The fraction of sp³-hybridized carbons (Fsp3) is 0.333. The molecule has 92 valence electrons. The Morgan fingerprint density at radius 2 is 2.41 bits per heavy atom. The number of thioether (sulfide) groups is 1. The smallest absolute Gasteiger partial charge is 0.185 e. The van der Waals surface area contributed by atoms with E-state index in [9.17, 15) is 4.79 Å². The Morgan fingerprint density at radius 1 is 1.65 bits per heavy atom. The van der Waals surface area contributed by atoms with E-state index in [-0.39, 0.29) is 5.12 Å². The second kappa shape index (κ2) is 6.96. The predicted molar refractivity (Wildman–Crippen MR) is 72.0 cm³/mol. The van der Waals surface area contributed by atoms with Crippen LogP contribution in [0.5, 0.6) is 5.75 Å². The van der Waals surface area contributed by atoms with Gasteiger partial charge in [0.15, 0.2) is 16.7 Å². The lowest BCUT2D eigenvalue weighted by atomic mass is 10.2. The van der Waals surface area contributed by atoms with E-state index >= 15 is 0 Å². The molecule has 0 bridgehead atoms. The Bertz CT molecular complexity index is 419. The summed E-state index contributed by atoms with van der Waals surface area (Å²) in [6, 6.07) is 1.83. The molecule has 0 saturated carbocycles. The lowest BCUT2D eigenvalue weighted by Crippen LogP contribution is -1.95. The summed E-state index contributed by atoms with van der Waals surface area (Å²) in [6.07, 6.45) is 6.47. The van der Waals surface area contributed by atoms with E-state index in [1.54, 1.807) is 20.2 Å². The average Bonchev–Trinajstić information content (AvgIpc) is 2.30. The number of nitrogens with zero attached hydrogens (tertiary/aromatic N) is 1. The van der Waals surface area contributed by atoms with E-state index in [1.807, 2.05) is 18.2 Å². The van der Waals surface area contributed by atoms with Crippen LogP contribution in [-0.4, -0.2) is 23.0 Å². The number of anilines is 1. The SMILES string of the molecule is COc1cc(C=CCCSC(C)=O)cnc1N. The highest BCUT2D eigenvalue weighted by Gasteiger charge is 1.99. The van der Waals surface area contributed by atoms with Crippen LogP contribution in [0.3, 0.4) is 0 Å². The summed E-state index contributed by atoms with van der Waals surface area (Å²) in [6.45, 7) is 1.57. The molecule has 0 amide bonds. The minimum absolute atomic E-state index is 0.147. The number of ether oxygens (including phenoxy) is 1. The van der Waals surface area contributed by atoms with Crippen LogP contribution in [0.25, 0.3) is 6.08 Å². The third-order valence-electron chi connectivity index (χ3n) is 2.02. The van der Waals surface area contributed by atoms with Crippen LogP contribution in [0.15, 0.2) is 18.3 Å². The van der Waals surface area contributed by atoms with Crippen molar-refractivity contribution in [3.63, 3.8) is 0 Å². The number of aromatic nitrogens is 1. The van der Waals surface area contributed by atoms with Gasteiger partial charge < -0.3 is 10.5 Å². The highest BCUT2D eigenvalue weighted by molar-refractivity contribution is 8.13. The molecule has 5 heteroatoms. The van der Waals surface area contributed by atoms with Crippen LogP contribution < -0.4 is 10.5 Å². The molecule has 0 aliphatic rings. The molecule has 0 aliphatic heterocycles. The monoisotopic (exact) mass is 252 g/mol. The molecule has 1 rings (SSSR count). The highest BCUT2D eigenvalue weighted by atomic mass is 32.2. The van der Waals surface area contributed by atoms with E-state index in [1.165, 1.54) is 11.8 Å².